The third-order valence-electron chi connectivity index (χ3n) is 4.38. The van der Waals surface area contributed by atoms with E-state index in [0.29, 0.717) is 34.4 Å². The summed E-state index contributed by atoms with van der Waals surface area (Å²) in [5.41, 5.74) is 3.16. The van der Waals surface area contributed by atoms with Gasteiger partial charge < -0.3 is 16.0 Å². The van der Waals surface area contributed by atoms with Gasteiger partial charge in [0.25, 0.3) is 0 Å². The van der Waals surface area contributed by atoms with Crippen molar-refractivity contribution in [3.05, 3.63) is 53.9 Å². The molecule has 150 valence electrons. The lowest BCUT2D eigenvalue weighted by Gasteiger charge is -2.13. The van der Waals surface area contributed by atoms with Crippen LogP contribution in [0.15, 0.2) is 42.7 Å². The first-order chi connectivity index (χ1) is 14.4. The molecule has 0 radical (unpaired) electrons. The summed E-state index contributed by atoms with van der Waals surface area (Å²) in [5, 5.41) is 27.2. The molecular formula is C20H19N9O. The Morgan fingerprint density at radius 3 is 2.70 bits per heavy atom. The molecule has 10 heteroatoms. The molecule has 3 heterocycles. The Kier molecular flexibility index (Phi) is 4.77. The molecule has 3 aromatic heterocycles. The summed E-state index contributed by atoms with van der Waals surface area (Å²) < 4.78 is 3.23. The van der Waals surface area contributed by atoms with Crippen LogP contribution in [0.2, 0.25) is 0 Å². The van der Waals surface area contributed by atoms with E-state index in [1.54, 1.807) is 15.3 Å². The van der Waals surface area contributed by atoms with Gasteiger partial charge in [-0.3, -0.25) is 9.48 Å². The molecule has 10 nitrogen and oxygen atoms in total. The molecule has 0 saturated carbocycles. The average Bonchev–Trinajstić information content (AvgIpc) is 3.30. The maximum Gasteiger partial charge on any atom is 0.221 e. The van der Waals surface area contributed by atoms with Gasteiger partial charge in [0.05, 0.1) is 6.20 Å². The van der Waals surface area contributed by atoms with Crippen molar-refractivity contribution in [2.75, 3.05) is 16.0 Å². The molecule has 0 fully saturated rings. The van der Waals surface area contributed by atoms with E-state index in [-0.39, 0.29) is 5.91 Å². The van der Waals surface area contributed by atoms with Gasteiger partial charge in [-0.15, -0.1) is 0 Å². The zero-order valence-electron chi connectivity index (χ0n) is 16.6. The Morgan fingerprint density at radius 1 is 1.17 bits per heavy atom. The normalized spacial score (nSPS) is 10.6. The number of fused-ring (bicyclic) bond motifs is 1. The first-order valence-corrected chi connectivity index (χ1v) is 9.14. The molecule has 0 aliphatic heterocycles. The SMILES string of the molecule is CC(=O)Nc1cc(Nc2cc(Nc3ccn(C)n3)n3ncc(C#N)c3n2)ccc1C. The lowest BCUT2D eigenvalue weighted by atomic mass is 10.1. The maximum absolute atomic E-state index is 11.4. The number of aryl methyl sites for hydroxylation is 2. The van der Waals surface area contributed by atoms with Crippen LogP contribution < -0.4 is 16.0 Å². The van der Waals surface area contributed by atoms with Crippen molar-refractivity contribution in [2.45, 2.75) is 13.8 Å². The van der Waals surface area contributed by atoms with E-state index in [1.807, 2.05) is 44.4 Å². The minimum atomic E-state index is -0.144. The van der Waals surface area contributed by atoms with Crippen LogP contribution in [0.5, 0.6) is 0 Å². The van der Waals surface area contributed by atoms with Crippen LogP contribution in [0.3, 0.4) is 0 Å². The van der Waals surface area contributed by atoms with E-state index < -0.39 is 0 Å². The summed E-state index contributed by atoms with van der Waals surface area (Å²) >= 11 is 0. The van der Waals surface area contributed by atoms with Crippen molar-refractivity contribution >= 4 is 40.4 Å². The Labute approximate surface area is 172 Å². The summed E-state index contributed by atoms with van der Waals surface area (Å²) in [6.45, 7) is 3.38. The molecule has 4 rings (SSSR count). The number of carbonyl (C=O) groups excluding carboxylic acids is 1. The van der Waals surface area contributed by atoms with Gasteiger partial charge in [0, 0.05) is 43.7 Å². The molecule has 3 N–H and O–H groups in total. The smallest absolute Gasteiger partial charge is 0.221 e. The first kappa shape index (κ1) is 18.9. The standard InChI is InChI=1S/C20H19N9O/c1-12-4-5-15(8-16(12)23-13(2)30)24-18-9-19(25-17-6-7-28(3)27-17)29-20(26-18)14(10-21)11-22-29/h4-9,11H,1-3H3,(H,23,30)(H,24,26)(H,25,27). The van der Waals surface area contributed by atoms with E-state index in [4.69, 9.17) is 0 Å². The quantitative estimate of drug-likeness (QED) is 0.469. The number of benzene rings is 1. The maximum atomic E-state index is 11.4. The first-order valence-electron chi connectivity index (χ1n) is 9.14. The molecule has 0 aliphatic rings. The summed E-state index contributed by atoms with van der Waals surface area (Å²) in [7, 11) is 1.83. The van der Waals surface area contributed by atoms with Crippen LogP contribution in [0, 0.1) is 18.3 Å². The number of carbonyl (C=O) groups is 1. The minimum absolute atomic E-state index is 0.144. The van der Waals surface area contributed by atoms with Crippen LogP contribution in [-0.4, -0.2) is 30.3 Å². The third-order valence-corrected chi connectivity index (χ3v) is 4.38. The van der Waals surface area contributed by atoms with Gasteiger partial charge in [-0.2, -0.15) is 20.0 Å². The molecule has 1 amide bonds. The van der Waals surface area contributed by atoms with Crippen LogP contribution in [0.1, 0.15) is 18.1 Å². The van der Waals surface area contributed by atoms with E-state index in [0.717, 1.165) is 11.3 Å². The highest BCUT2D eigenvalue weighted by atomic mass is 16.1. The summed E-state index contributed by atoms with van der Waals surface area (Å²) in [6.07, 6.45) is 3.29. The lowest BCUT2D eigenvalue weighted by molar-refractivity contribution is -0.114. The lowest BCUT2D eigenvalue weighted by Crippen LogP contribution is -2.08. The number of amides is 1. The highest BCUT2D eigenvalue weighted by Gasteiger charge is 2.13. The molecule has 0 bridgehead atoms. The van der Waals surface area contributed by atoms with Gasteiger partial charge >= 0.3 is 0 Å². The number of hydrogen-bond acceptors (Lipinski definition) is 7. The Bertz CT molecular complexity index is 1300. The van der Waals surface area contributed by atoms with Crippen molar-refractivity contribution in [3.63, 3.8) is 0 Å². The highest BCUT2D eigenvalue weighted by molar-refractivity contribution is 5.90. The number of rotatable bonds is 5. The van der Waals surface area contributed by atoms with Crippen molar-refractivity contribution < 1.29 is 4.79 Å². The number of aromatic nitrogens is 5. The van der Waals surface area contributed by atoms with Crippen LogP contribution in [0.4, 0.5) is 28.8 Å². The van der Waals surface area contributed by atoms with Crippen molar-refractivity contribution in [2.24, 2.45) is 7.05 Å². The Morgan fingerprint density at radius 2 is 2.00 bits per heavy atom. The topological polar surface area (TPSA) is 125 Å². The van der Waals surface area contributed by atoms with Gasteiger partial charge in [0.15, 0.2) is 11.5 Å². The molecule has 1 aromatic carbocycles. The zero-order chi connectivity index (χ0) is 21.3. The number of nitrogens with zero attached hydrogens (tertiary/aromatic N) is 6. The third kappa shape index (κ3) is 3.77. The van der Waals surface area contributed by atoms with E-state index in [9.17, 15) is 10.1 Å². The van der Waals surface area contributed by atoms with Crippen molar-refractivity contribution in [1.29, 1.82) is 5.26 Å². The van der Waals surface area contributed by atoms with E-state index in [1.165, 1.54) is 13.1 Å². The average molecular weight is 401 g/mol. The minimum Gasteiger partial charge on any atom is -0.340 e. The highest BCUT2D eigenvalue weighted by Crippen LogP contribution is 2.26. The molecule has 0 saturated heterocycles. The zero-order valence-corrected chi connectivity index (χ0v) is 16.6. The summed E-state index contributed by atoms with van der Waals surface area (Å²) in [4.78, 5) is 16.0. The molecular weight excluding hydrogens is 382 g/mol. The number of anilines is 5. The predicted molar refractivity (Wildman–Crippen MR) is 113 cm³/mol. The van der Waals surface area contributed by atoms with Gasteiger partial charge in [0.2, 0.25) is 5.91 Å². The number of hydrogen-bond donors (Lipinski definition) is 3. The Balaban J connectivity index is 1.74. The van der Waals surface area contributed by atoms with Crippen molar-refractivity contribution in [1.82, 2.24) is 24.4 Å². The fraction of sp³-hybridized carbons (Fsp3) is 0.150. The predicted octanol–water partition coefficient (Wildman–Crippen LogP) is 3.09. The largest absolute Gasteiger partial charge is 0.340 e. The second-order valence-corrected chi connectivity index (χ2v) is 6.77. The number of nitrogens with one attached hydrogen (secondary N) is 3. The molecule has 0 spiro atoms. The van der Waals surface area contributed by atoms with Gasteiger partial charge in [-0.1, -0.05) is 6.07 Å². The van der Waals surface area contributed by atoms with Gasteiger partial charge in [-0.05, 0) is 24.6 Å². The van der Waals surface area contributed by atoms with Crippen molar-refractivity contribution in [3.8, 4) is 6.07 Å². The van der Waals surface area contributed by atoms with Crippen LogP contribution in [0.25, 0.3) is 5.65 Å². The van der Waals surface area contributed by atoms with Crippen LogP contribution in [-0.2, 0) is 11.8 Å². The van der Waals surface area contributed by atoms with Gasteiger partial charge in [-0.25, -0.2) is 4.98 Å². The molecule has 30 heavy (non-hydrogen) atoms. The monoisotopic (exact) mass is 401 g/mol. The summed E-state index contributed by atoms with van der Waals surface area (Å²) in [6, 6.07) is 11.3. The van der Waals surface area contributed by atoms with E-state index in [2.05, 4.69) is 37.2 Å². The second-order valence-electron chi connectivity index (χ2n) is 6.77. The fourth-order valence-electron chi connectivity index (χ4n) is 2.98. The molecule has 0 aliphatic carbocycles. The fourth-order valence-corrected chi connectivity index (χ4v) is 2.98. The molecule has 0 unspecified atom stereocenters. The van der Waals surface area contributed by atoms with E-state index >= 15 is 0 Å². The second kappa shape index (κ2) is 7.56. The van der Waals surface area contributed by atoms with Crippen LogP contribution >= 0.6 is 0 Å². The summed E-state index contributed by atoms with van der Waals surface area (Å²) in [5.74, 6) is 1.59. The Hall–Kier alpha value is -4.39. The molecule has 0 atom stereocenters. The molecule has 4 aromatic rings. The van der Waals surface area contributed by atoms with Gasteiger partial charge in [0.1, 0.15) is 23.3 Å². The number of nitriles is 1.